The molecule has 0 radical (unpaired) electrons. The molecule has 0 aromatic carbocycles. The summed E-state index contributed by atoms with van der Waals surface area (Å²) in [7, 11) is 0. The summed E-state index contributed by atoms with van der Waals surface area (Å²) >= 11 is 7.17. The fourth-order valence-corrected chi connectivity index (χ4v) is 4.31. The van der Waals surface area contributed by atoms with Crippen LogP contribution < -0.4 is 5.32 Å². The second-order valence-electron chi connectivity index (χ2n) is 4.41. The standard InChI is InChI=1S/C14H18BrNS2/c1-3-5-12(13-6-4-7-17-13)16-10(2)14-8-11(15)9-18-14/h4,6-10,12,16H,3,5H2,1-2H3. The predicted octanol–water partition coefficient (Wildman–Crippen LogP) is 5.76. The molecule has 2 aromatic heterocycles. The number of hydrogen-bond acceptors (Lipinski definition) is 3. The summed E-state index contributed by atoms with van der Waals surface area (Å²) in [5.74, 6) is 0. The van der Waals surface area contributed by atoms with Crippen LogP contribution in [0.4, 0.5) is 0 Å². The molecule has 0 spiro atoms. The molecule has 0 aliphatic heterocycles. The highest BCUT2D eigenvalue weighted by Gasteiger charge is 2.16. The summed E-state index contributed by atoms with van der Waals surface area (Å²) in [6.45, 7) is 4.49. The number of halogens is 1. The molecule has 1 nitrogen and oxygen atoms in total. The molecule has 0 fully saturated rings. The number of thiophene rings is 2. The van der Waals surface area contributed by atoms with Gasteiger partial charge in [0.2, 0.25) is 0 Å². The molecular formula is C14H18BrNS2. The van der Waals surface area contributed by atoms with E-state index in [0.717, 1.165) is 0 Å². The van der Waals surface area contributed by atoms with Crippen LogP contribution in [0, 0.1) is 0 Å². The van der Waals surface area contributed by atoms with Gasteiger partial charge in [-0.2, -0.15) is 0 Å². The van der Waals surface area contributed by atoms with E-state index in [9.17, 15) is 0 Å². The number of hydrogen-bond donors (Lipinski definition) is 1. The van der Waals surface area contributed by atoms with Crippen LogP contribution >= 0.6 is 38.6 Å². The zero-order valence-electron chi connectivity index (χ0n) is 10.7. The van der Waals surface area contributed by atoms with Gasteiger partial charge >= 0.3 is 0 Å². The molecule has 2 unspecified atom stereocenters. The first-order valence-electron chi connectivity index (χ1n) is 6.24. The van der Waals surface area contributed by atoms with Crippen LogP contribution in [-0.4, -0.2) is 0 Å². The molecular weight excluding hydrogens is 326 g/mol. The first-order valence-corrected chi connectivity index (χ1v) is 8.79. The lowest BCUT2D eigenvalue weighted by Gasteiger charge is -2.21. The van der Waals surface area contributed by atoms with Crippen molar-refractivity contribution < 1.29 is 0 Å². The van der Waals surface area contributed by atoms with Gasteiger partial charge in [-0.1, -0.05) is 19.4 Å². The van der Waals surface area contributed by atoms with E-state index in [1.165, 1.54) is 27.1 Å². The smallest absolute Gasteiger partial charge is 0.0419 e. The van der Waals surface area contributed by atoms with Crippen molar-refractivity contribution in [1.29, 1.82) is 0 Å². The third-order valence-corrected chi connectivity index (χ3v) is 5.79. The monoisotopic (exact) mass is 343 g/mol. The van der Waals surface area contributed by atoms with E-state index < -0.39 is 0 Å². The summed E-state index contributed by atoms with van der Waals surface area (Å²) in [4.78, 5) is 2.83. The van der Waals surface area contributed by atoms with Gasteiger partial charge < -0.3 is 5.32 Å². The van der Waals surface area contributed by atoms with Crippen molar-refractivity contribution in [2.75, 3.05) is 0 Å². The van der Waals surface area contributed by atoms with Gasteiger partial charge in [-0.25, -0.2) is 0 Å². The van der Waals surface area contributed by atoms with Crippen molar-refractivity contribution in [3.63, 3.8) is 0 Å². The Morgan fingerprint density at radius 2 is 2.17 bits per heavy atom. The lowest BCUT2D eigenvalue weighted by atomic mass is 10.1. The molecule has 18 heavy (non-hydrogen) atoms. The third-order valence-electron chi connectivity index (χ3n) is 2.93. The largest absolute Gasteiger partial charge is 0.302 e. The summed E-state index contributed by atoms with van der Waals surface area (Å²) < 4.78 is 1.18. The Labute approximate surface area is 125 Å². The average molecular weight is 344 g/mol. The Bertz CT molecular complexity index is 464. The van der Waals surface area contributed by atoms with Gasteiger partial charge in [-0.05, 0) is 46.8 Å². The van der Waals surface area contributed by atoms with Gasteiger partial charge in [0.05, 0.1) is 0 Å². The van der Waals surface area contributed by atoms with E-state index in [-0.39, 0.29) is 0 Å². The maximum atomic E-state index is 3.75. The van der Waals surface area contributed by atoms with Crippen LogP contribution in [0.3, 0.4) is 0 Å². The maximum absolute atomic E-state index is 3.75. The lowest BCUT2D eigenvalue weighted by molar-refractivity contribution is 0.448. The Kier molecular flexibility index (Phi) is 5.42. The van der Waals surface area contributed by atoms with Gasteiger partial charge in [-0.15, -0.1) is 22.7 Å². The van der Waals surface area contributed by atoms with Gasteiger partial charge in [0, 0.05) is 31.7 Å². The molecule has 0 aliphatic rings. The quantitative estimate of drug-likeness (QED) is 0.702. The summed E-state index contributed by atoms with van der Waals surface area (Å²) in [5.41, 5.74) is 0. The average Bonchev–Trinajstić information content (AvgIpc) is 2.98. The van der Waals surface area contributed by atoms with Crippen LogP contribution in [0.15, 0.2) is 33.4 Å². The minimum atomic E-state index is 0.403. The minimum absolute atomic E-state index is 0.403. The Morgan fingerprint density at radius 3 is 2.72 bits per heavy atom. The van der Waals surface area contributed by atoms with Crippen molar-refractivity contribution in [1.82, 2.24) is 5.32 Å². The first kappa shape index (κ1) is 14.3. The predicted molar refractivity (Wildman–Crippen MR) is 85.5 cm³/mol. The molecule has 2 atom stereocenters. The van der Waals surface area contributed by atoms with Crippen LogP contribution in [-0.2, 0) is 0 Å². The maximum Gasteiger partial charge on any atom is 0.0419 e. The number of rotatable bonds is 6. The lowest BCUT2D eigenvalue weighted by Crippen LogP contribution is -2.23. The summed E-state index contributed by atoms with van der Waals surface area (Å²) in [6, 6.07) is 7.46. The molecule has 98 valence electrons. The second kappa shape index (κ2) is 6.85. The van der Waals surface area contributed by atoms with E-state index in [2.05, 4.69) is 64.1 Å². The fourth-order valence-electron chi connectivity index (χ4n) is 2.03. The van der Waals surface area contributed by atoms with E-state index in [1.54, 1.807) is 0 Å². The first-order chi connectivity index (χ1) is 8.70. The third kappa shape index (κ3) is 3.67. The molecule has 0 bridgehead atoms. The van der Waals surface area contributed by atoms with Crippen molar-refractivity contribution in [2.45, 2.75) is 38.8 Å². The zero-order chi connectivity index (χ0) is 13.0. The van der Waals surface area contributed by atoms with E-state index >= 15 is 0 Å². The number of nitrogens with one attached hydrogen (secondary N) is 1. The second-order valence-corrected chi connectivity index (χ2v) is 7.25. The summed E-state index contributed by atoms with van der Waals surface area (Å²) in [5, 5.41) is 8.06. The highest BCUT2D eigenvalue weighted by molar-refractivity contribution is 9.10. The molecule has 0 saturated carbocycles. The Balaban J connectivity index is 2.05. The van der Waals surface area contributed by atoms with E-state index in [1.807, 2.05) is 22.7 Å². The van der Waals surface area contributed by atoms with Crippen molar-refractivity contribution in [3.05, 3.63) is 43.2 Å². The van der Waals surface area contributed by atoms with Gasteiger partial charge in [0.25, 0.3) is 0 Å². The van der Waals surface area contributed by atoms with Crippen LogP contribution in [0.1, 0.15) is 48.5 Å². The van der Waals surface area contributed by atoms with Crippen LogP contribution in [0.5, 0.6) is 0 Å². The fraction of sp³-hybridized carbons (Fsp3) is 0.429. The minimum Gasteiger partial charge on any atom is -0.302 e. The highest BCUT2D eigenvalue weighted by atomic mass is 79.9. The Hall–Kier alpha value is -0.160. The van der Waals surface area contributed by atoms with Crippen LogP contribution in [0.2, 0.25) is 0 Å². The van der Waals surface area contributed by atoms with E-state index in [0.29, 0.717) is 12.1 Å². The molecule has 0 saturated heterocycles. The SMILES string of the molecule is CCCC(NC(C)c1cc(Br)cs1)c1cccs1. The molecule has 2 rings (SSSR count). The molecule has 0 amide bonds. The van der Waals surface area contributed by atoms with Crippen molar-refractivity contribution in [2.24, 2.45) is 0 Å². The van der Waals surface area contributed by atoms with Crippen LogP contribution in [0.25, 0.3) is 0 Å². The topological polar surface area (TPSA) is 12.0 Å². The molecule has 2 heterocycles. The van der Waals surface area contributed by atoms with E-state index in [4.69, 9.17) is 0 Å². The van der Waals surface area contributed by atoms with Gasteiger partial charge in [0.15, 0.2) is 0 Å². The zero-order valence-corrected chi connectivity index (χ0v) is 13.9. The molecule has 2 aromatic rings. The molecule has 1 N–H and O–H groups in total. The molecule has 0 aliphatic carbocycles. The molecule has 4 heteroatoms. The highest BCUT2D eigenvalue weighted by Crippen LogP contribution is 2.30. The van der Waals surface area contributed by atoms with Gasteiger partial charge in [-0.3, -0.25) is 0 Å². The van der Waals surface area contributed by atoms with Crippen molar-refractivity contribution in [3.8, 4) is 0 Å². The van der Waals surface area contributed by atoms with Gasteiger partial charge in [0.1, 0.15) is 0 Å². The summed E-state index contributed by atoms with van der Waals surface area (Å²) in [6.07, 6.45) is 2.40. The Morgan fingerprint density at radius 1 is 1.33 bits per heavy atom. The normalized spacial score (nSPS) is 14.6. The van der Waals surface area contributed by atoms with Crippen molar-refractivity contribution >= 4 is 38.6 Å².